The summed E-state index contributed by atoms with van der Waals surface area (Å²) in [5.74, 6) is -4.04. The summed E-state index contributed by atoms with van der Waals surface area (Å²) < 4.78 is 41.0. The van der Waals surface area contributed by atoms with Gasteiger partial charge in [-0.05, 0) is 68.1 Å². The van der Waals surface area contributed by atoms with E-state index in [1.807, 2.05) is 56.3 Å². The molecule has 1 atom stereocenters. The highest BCUT2D eigenvalue weighted by atomic mass is 19.3. The lowest BCUT2D eigenvalue weighted by atomic mass is 9.93. The molecule has 7 heteroatoms. The number of hydrogen-bond donors (Lipinski definition) is 1. The highest BCUT2D eigenvalue weighted by Crippen LogP contribution is 2.41. The largest absolute Gasteiger partial charge is 0.454 e. The highest BCUT2D eigenvalue weighted by Gasteiger charge is 2.43. The van der Waals surface area contributed by atoms with E-state index in [0.717, 1.165) is 22.3 Å². The average Bonchev–Trinajstić information content (AvgIpc) is 3.46. The number of nitrogens with zero attached hydrogens (tertiary/aromatic N) is 1. The maximum atomic E-state index is 15.3. The number of furan rings is 1. The predicted molar refractivity (Wildman–Crippen MR) is 141 cm³/mol. The van der Waals surface area contributed by atoms with Crippen molar-refractivity contribution in [3.05, 3.63) is 123 Å². The molecular weight excluding hydrogens is 486 g/mol. The molecule has 1 N–H and O–H groups in total. The fourth-order valence-electron chi connectivity index (χ4n) is 4.95. The summed E-state index contributed by atoms with van der Waals surface area (Å²) in [4.78, 5) is 13.2. The Balaban J connectivity index is 1.40. The van der Waals surface area contributed by atoms with Crippen molar-refractivity contribution in [2.75, 3.05) is 0 Å². The number of carbonyl (C=O) groups is 1. The standard InChI is InChI=1S/C31H28F2N2O3/c1-18-10-12-25(19(2)14-18)30(23-8-6-5-7-9-23)34-28(36)16-22-11-13-26-24(15-22)17-27(37-26)31(32,33)29-20(3)35-38-21(29)4/h5-15,17,30H,16H2,1-4H3,(H,34,36). The van der Waals surface area contributed by atoms with E-state index in [4.69, 9.17) is 8.94 Å². The summed E-state index contributed by atoms with van der Waals surface area (Å²) in [5.41, 5.74) is 5.05. The normalized spacial score (nSPS) is 12.6. The van der Waals surface area contributed by atoms with Crippen molar-refractivity contribution in [1.82, 2.24) is 10.5 Å². The van der Waals surface area contributed by atoms with Gasteiger partial charge in [0.2, 0.25) is 5.91 Å². The lowest BCUT2D eigenvalue weighted by Gasteiger charge is -2.22. The van der Waals surface area contributed by atoms with Gasteiger partial charge in [0.15, 0.2) is 5.76 Å². The molecule has 5 nitrogen and oxygen atoms in total. The highest BCUT2D eigenvalue weighted by molar-refractivity contribution is 5.83. The van der Waals surface area contributed by atoms with Gasteiger partial charge in [0, 0.05) is 5.39 Å². The first kappa shape index (κ1) is 25.4. The van der Waals surface area contributed by atoms with Crippen LogP contribution in [0.5, 0.6) is 0 Å². The Hall–Kier alpha value is -4.26. The van der Waals surface area contributed by atoms with Crippen LogP contribution in [0.2, 0.25) is 0 Å². The average molecular weight is 515 g/mol. The van der Waals surface area contributed by atoms with Gasteiger partial charge >= 0.3 is 5.92 Å². The lowest BCUT2D eigenvalue weighted by Crippen LogP contribution is -2.31. The summed E-state index contributed by atoms with van der Waals surface area (Å²) in [6, 6.07) is 22.0. The number of aryl methyl sites for hydroxylation is 4. The minimum atomic E-state index is -3.40. The van der Waals surface area contributed by atoms with Crippen LogP contribution in [0.4, 0.5) is 8.78 Å². The molecule has 1 unspecified atom stereocenters. The summed E-state index contributed by atoms with van der Waals surface area (Å²) in [6.07, 6.45) is 0.0882. The molecule has 0 aliphatic carbocycles. The molecule has 0 saturated heterocycles. The van der Waals surface area contributed by atoms with E-state index in [1.165, 1.54) is 19.9 Å². The van der Waals surface area contributed by atoms with E-state index in [0.29, 0.717) is 16.5 Å². The van der Waals surface area contributed by atoms with Crippen molar-refractivity contribution in [1.29, 1.82) is 0 Å². The Bertz CT molecular complexity index is 1600. The van der Waals surface area contributed by atoms with E-state index < -0.39 is 11.7 Å². The van der Waals surface area contributed by atoms with Crippen LogP contribution >= 0.6 is 0 Å². The summed E-state index contributed by atoms with van der Waals surface area (Å²) in [7, 11) is 0. The van der Waals surface area contributed by atoms with E-state index in [9.17, 15) is 4.79 Å². The SMILES string of the molecule is Cc1ccc(C(NC(=O)Cc2ccc3oc(C(F)(F)c4c(C)noc4C)cc3c2)c2ccccc2)c(C)c1. The summed E-state index contributed by atoms with van der Waals surface area (Å²) >= 11 is 0. The van der Waals surface area contributed by atoms with E-state index in [2.05, 4.69) is 16.5 Å². The van der Waals surface area contributed by atoms with Gasteiger partial charge in [-0.15, -0.1) is 0 Å². The van der Waals surface area contributed by atoms with Gasteiger partial charge < -0.3 is 14.3 Å². The third kappa shape index (κ3) is 4.84. The quantitative estimate of drug-likeness (QED) is 0.249. The predicted octanol–water partition coefficient (Wildman–Crippen LogP) is 7.24. The lowest BCUT2D eigenvalue weighted by molar-refractivity contribution is -0.120. The van der Waals surface area contributed by atoms with Crippen molar-refractivity contribution in [3.63, 3.8) is 0 Å². The molecule has 194 valence electrons. The third-order valence-electron chi connectivity index (χ3n) is 6.78. The fraction of sp³-hybridized carbons (Fsp3) is 0.226. The number of alkyl halides is 2. The first-order chi connectivity index (χ1) is 18.1. The molecule has 0 saturated carbocycles. The molecule has 0 radical (unpaired) electrons. The molecule has 38 heavy (non-hydrogen) atoms. The molecule has 5 aromatic rings. The Morgan fingerprint density at radius 2 is 1.74 bits per heavy atom. The van der Waals surface area contributed by atoms with Crippen LogP contribution < -0.4 is 5.32 Å². The van der Waals surface area contributed by atoms with Crippen molar-refractivity contribution >= 4 is 16.9 Å². The molecule has 3 aromatic carbocycles. The first-order valence-electron chi connectivity index (χ1n) is 12.4. The first-order valence-corrected chi connectivity index (χ1v) is 12.4. The van der Waals surface area contributed by atoms with Crippen LogP contribution in [0.25, 0.3) is 11.0 Å². The molecule has 0 aliphatic rings. The zero-order valence-electron chi connectivity index (χ0n) is 21.6. The minimum Gasteiger partial charge on any atom is -0.454 e. The number of rotatable bonds is 7. The number of aromatic nitrogens is 1. The fourth-order valence-corrected chi connectivity index (χ4v) is 4.95. The second-order valence-corrected chi connectivity index (χ2v) is 9.70. The topological polar surface area (TPSA) is 68.3 Å². The van der Waals surface area contributed by atoms with Crippen LogP contribution in [-0.4, -0.2) is 11.1 Å². The molecule has 2 aromatic heterocycles. The molecule has 2 heterocycles. The number of amides is 1. The van der Waals surface area contributed by atoms with Gasteiger partial charge in [-0.2, -0.15) is 8.78 Å². The van der Waals surface area contributed by atoms with E-state index >= 15 is 8.78 Å². The van der Waals surface area contributed by atoms with Crippen molar-refractivity contribution in [2.45, 2.75) is 46.1 Å². The van der Waals surface area contributed by atoms with Crippen LogP contribution in [0.1, 0.15) is 56.6 Å². The van der Waals surface area contributed by atoms with Gasteiger partial charge in [-0.25, -0.2) is 0 Å². The third-order valence-corrected chi connectivity index (χ3v) is 6.78. The van der Waals surface area contributed by atoms with Gasteiger partial charge in [-0.1, -0.05) is 65.3 Å². The molecule has 0 aliphatic heterocycles. The Kier molecular flexibility index (Phi) is 6.61. The maximum Gasteiger partial charge on any atom is 0.335 e. The van der Waals surface area contributed by atoms with Crippen LogP contribution in [0.3, 0.4) is 0 Å². The Morgan fingerprint density at radius 1 is 0.974 bits per heavy atom. The summed E-state index contributed by atoms with van der Waals surface area (Å²) in [5, 5.41) is 7.30. The second kappa shape index (κ2) is 9.89. The van der Waals surface area contributed by atoms with E-state index in [-0.39, 0.29) is 35.4 Å². The van der Waals surface area contributed by atoms with Gasteiger partial charge in [-0.3, -0.25) is 4.79 Å². The molecule has 5 rings (SSSR count). The molecule has 1 amide bonds. The second-order valence-electron chi connectivity index (χ2n) is 9.70. The van der Waals surface area contributed by atoms with Gasteiger partial charge in [0.1, 0.15) is 11.3 Å². The monoisotopic (exact) mass is 514 g/mol. The zero-order valence-corrected chi connectivity index (χ0v) is 21.6. The molecule has 0 bridgehead atoms. The van der Waals surface area contributed by atoms with Crippen molar-refractivity contribution in [2.24, 2.45) is 0 Å². The number of carbonyl (C=O) groups excluding carboxylic acids is 1. The van der Waals surface area contributed by atoms with Gasteiger partial charge in [0.05, 0.1) is 23.7 Å². The number of nitrogens with one attached hydrogen (secondary N) is 1. The molecule has 0 fully saturated rings. The number of halogens is 2. The number of hydrogen-bond acceptors (Lipinski definition) is 4. The number of fused-ring (bicyclic) bond motifs is 1. The number of benzene rings is 3. The molecule has 0 spiro atoms. The van der Waals surface area contributed by atoms with E-state index in [1.54, 1.807) is 18.2 Å². The van der Waals surface area contributed by atoms with Crippen LogP contribution in [0.15, 0.2) is 81.7 Å². The summed E-state index contributed by atoms with van der Waals surface area (Å²) in [6.45, 7) is 6.99. The van der Waals surface area contributed by atoms with Crippen LogP contribution in [0, 0.1) is 27.7 Å². The van der Waals surface area contributed by atoms with Crippen LogP contribution in [-0.2, 0) is 17.1 Å². The zero-order chi connectivity index (χ0) is 27.0. The Labute approximate surface area is 219 Å². The maximum absolute atomic E-state index is 15.3. The van der Waals surface area contributed by atoms with Crippen molar-refractivity contribution in [3.8, 4) is 0 Å². The smallest absolute Gasteiger partial charge is 0.335 e. The van der Waals surface area contributed by atoms with Gasteiger partial charge in [0.25, 0.3) is 0 Å². The van der Waals surface area contributed by atoms with Crippen molar-refractivity contribution < 1.29 is 22.5 Å². The Morgan fingerprint density at radius 3 is 2.42 bits per heavy atom. The molecular formula is C31H28F2N2O3. The minimum absolute atomic E-state index is 0.0436.